The topological polar surface area (TPSA) is 15.3 Å². The number of likely N-dealkylation sites (N-methyl/N-ethyl adjacent to an activating group) is 1. The third-order valence-corrected chi connectivity index (χ3v) is 5.31. The lowest BCUT2D eigenvalue weighted by Gasteiger charge is -2.36. The van der Waals surface area contributed by atoms with Crippen molar-refractivity contribution in [2.75, 3.05) is 20.1 Å². The largest absolute Gasteiger partial charge is 0.315 e. The van der Waals surface area contributed by atoms with Gasteiger partial charge in [-0.25, -0.2) is 0 Å². The van der Waals surface area contributed by atoms with Crippen LogP contribution in [0.4, 0.5) is 0 Å². The fourth-order valence-corrected chi connectivity index (χ4v) is 3.95. The van der Waals surface area contributed by atoms with E-state index >= 15 is 0 Å². The lowest BCUT2D eigenvalue weighted by molar-refractivity contribution is 0.146. The average Bonchev–Trinajstić information content (AvgIpc) is 2.64. The van der Waals surface area contributed by atoms with Gasteiger partial charge >= 0.3 is 0 Å². The van der Waals surface area contributed by atoms with E-state index in [4.69, 9.17) is 0 Å². The van der Waals surface area contributed by atoms with Crippen molar-refractivity contribution in [3.8, 4) is 0 Å². The molecule has 0 radical (unpaired) electrons. The quantitative estimate of drug-likeness (QED) is 0.781. The van der Waals surface area contributed by atoms with Crippen LogP contribution < -0.4 is 5.32 Å². The summed E-state index contributed by atoms with van der Waals surface area (Å²) in [5.41, 5.74) is 0.476. The maximum absolute atomic E-state index is 3.57. The molecule has 1 aliphatic heterocycles. The Morgan fingerprint density at radius 1 is 1.15 bits per heavy atom. The molecule has 3 unspecified atom stereocenters. The SMILES string of the molecule is CCCC(NC)C(CC)N1CCCC(C(C)(C)C)CC1. The first-order valence-electron chi connectivity index (χ1n) is 8.85. The number of hydrogen-bond donors (Lipinski definition) is 1. The zero-order chi connectivity index (χ0) is 15.2. The standard InChI is InChI=1S/C18H38N2/c1-7-10-16(19-6)17(8-2)20-13-9-11-15(12-14-20)18(3,4)5/h15-17,19H,7-14H2,1-6H3. The van der Waals surface area contributed by atoms with Gasteiger partial charge in [0.05, 0.1) is 0 Å². The van der Waals surface area contributed by atoms with Crippen molar-refractivity contribution in [2.24, 2.45) is 11.3 Å². The number of nitrogens with one attached hydrogen (secondary N) is 1. The Hall–Kier alpha value is -0.0800. The molecule has 2 heteroatoms. The molecule has 0 aromatic carbocycles. The second-order valence-electron chi connectivity index (χ2n) is 7.69. The molecule has 0 aromatic heterocycles. The summed E-state index contributed by atoms with van der Waals surface area (Å²) < 4.78 is 0. The van der Waals surface area contributed by atoms with Crippen molar-refractivity contribution in [3.63, 3.8) is 0 Å². The lowest BCUT2D eigenvalue weighted by Crippen LogP contribution is -2.49. The zero-order valence-corrected chi connectivity index (χ0v) is 14.8. The highest BCUT2D eigenvalue weighted by molar-refractivity contribution is 4.86. The van der Waals surface area contributed by atoms with Crippen LogP contribution in [0.15, 0.2) is 0 Å². The van der Waals surface area contributed by atoms with Crippen molar-refractivity contribution in [3.05, 3.63) is 0 Å². The summed E-state index contributed by atoms with van der Waals surface area (Å²) in [5, 5.41) is 3.57. The van der Waals surface area contributed by atoms with Crippen LogP contribution in [0.3, 0.4) is 0 Å². The maximum atomic E-state index is 3.57. The molecule has 1 rings (SSSR count). The Balaban J connectivity index is 2.65. The summed E-state index contributed by atoms with van der Waals surface area (Å²) in [5.74, 6) is 0.893. The van der Waals surface area contributed by atoms with Gasteiger partial charge in [-0.15, -0.1) is 0 Å². The zero-order valence-electron chi connectivity index (χ0n) is 14.8. The molecule has 0 aromatic rings. The van der Waals surface area contributed by atoms with Gasteiger partial charge in [-0.3, -0.25) is 4.90 Å². The van der Waals surface area contributed by atoms with Gasteiger partial charge in [0.15, 0.2) is 0 Å². The molecule has 0 saturated carbocycles. The molecule has 3 atom stereocenters. The number of hydrogen-bond acceptors (Lipinski definition) is 2. The van der Waals surface area contributed by atoms with E-state index in [-0.39, 0.29) is 0 Å². The Kier molecular flexibility index (Phi) is 7.53. The van der Waals surface area contributed by atoms with Gasteiger partial charge in [-0.05, 0) is 63.6 Å². The third-order valence-electron chi connectivity index (χ3n) is 5.31. The summed E-state index contributed by atoms with van der Waals surface area (Å²) in [4.78, 5) is 2.78. The Morgan fingerprint density at radius 2 is 1.85 bits per heavy atom. The highest BCUT2D eigenvalue weighted by atomic mass is 15.2. The van der Waals surface area contributed by atoms with Crippen molar-refractivity contribution >= 4 is 0 Å². The molecule has 2 nitrogen and oxygen atoms in total. The lowest BCUT2D eigenvalue weighted by atomic mass is 9.77. The van der Waals surface area contributed by atoms with Crippen LogP contribution in [-0.2, 0) is 0 Å². The summed E-state index contributed by atoms with van der Waals surface area (Å²) in [6, 6.07) is 1.38. The third kappa shape index (κ3) is 5.04. The molecule has 120 valence electrons. The fraction of sp³-hybridized carbons (Fsp3) is 1.00. The van der Waals surface area contributed by atoms with Gasteiger partial charge in [0.1, 0.15) is 0 Å². The van der Waals surface area contributed by atoms with Gasteiger partial charge in [0, 0.05) is 12.1 Å². The van der Waals surface area contributed by atoms with Crippen molar-refractivity contribution in [1.82, 2.24) is 10.2 Å². The van der Waals surface area contributed by atoms with E-state index in [1.807, 2.05) is 0 Å². The minimum atomic E-state index is 0.476. The molecule has 0 amide bonds. The molecule has 1 aliphatic rings. The Labute approximate surface area is 127 Å². The van der Waals surface area contributed by atoms with E-state index in [9.17, 15) is 0 Å². The molecule has 0 aliphatic carbocycles. The van der Waals surface area contributed by atoms with E-state index in [1.165, 1.54) is 51.6 Å². The molecule has 1 fully saturated rings. The van der Waals surface area contributed by atoms with Crippen LogP contribution in [-0.4, -0.2) is 37.1 Å². The van der Waals surface area contributed by atoms with Gasteiger partial charge in [-0.2, -0.15) is 0 Å². The normalized spacial score (nSPS) is 25.2. The van der Waals surface area contributed by atoms with E-state index in [2.05, 4.69) is 51.9 Å². The second-order valence-corrected chi connectivity index (χ2v) is 7.69. The molecular formula is C18H38N2. The number of nitrogens with zero attached hydrogens (tertiary/aromatic N) is 1. The van der Waals surface area contributed by atoms with Crippen LogP contribution >= 0.6 is 0 Å². The van der Waals surface area contributed by atoms with Gasteiger partial charge < -0.3 is 5.32 Å². The second kappa shape index (κ2) is 8.38. The smallest absolute Gasteiger partial charge is 0.0246 e. The van der Waals surface area contributed by atoms with Crippen molar-refractivity contribution in [1.29, 1.82) is 0 Å². The average molecular weight is 283 g/mol. The molecule has 1 saturated heterocycles. The van der Waals surface area contributed by atoms with Crippen LogP contribution in [0.25, 0.3) is 0 Å². The van der Waals surface area contributed by atoms with Crippen LogP contribution in [0.1, 0.15) is 73.1 Å². The van der Waals surface area contributed by atoms with E-state index in [1.54, 1.807) is 0 Å². The number of rotatable bonds is 6. The van der Waals surface area contributed by atoms with Gasteiger partial charge in [0.25, 0.3) is 0 Å². The summed E-state index contributed by atoms with van der Waals surface area (Å²) >= 11 is 0. The predicted molar refractivity (Wildman–Crippen MR) is 90.2 cm³/mol. The van der Waals surface area contributed by atoms with E-state index < -0.39 is 0 Å². The first-order chi connectivity index (χ1) is 9.43. The van der Waals surface area contributed by atoms with Crippen LogP contribution in [0.5, 0.6) is 0 Å². The molecule has 0 spiro atoms. The highest BCUT2D eigenvalue weighted by Gasteiger charge is 2.30. The van der Waals surface area contributed by atoms with Gasteiger partial charge in [0.2, 0.25) is 0 Å². The van der Waals surface area contributed by atoms with E-state index in [0.29, 0.717) is 11.5 Å². The summed E-state index contributed by atoms with van der Waals surface area (Å²) in [6.07, 6.45) is 8.01. The first-order valence-corrected chi connectivity index (χ1v) is 8.85. The molecule has 1 N–H and O–H groups in total. The van der Waals surface area contributed by atoms with E-state index in [0.717, 1.165) is 12.0 Å². The van der Waals surface area contributed by atoms with Crippen molar-refractivity contribution in [2.45, 2.75) is 85.2 Å². The van der Waals surface area contributed by atoms with Crippen molar-refractivity contribution < 1.29 is 0 Å². The minimum Gasteiger partial charge on any atom is -0.315 e. The molecule has 1 heterocycles. The number of likely N-dealkylation sites (tertiary alicyclic amines) is 1. The fourth-order valence-electron chi connectivity index (χ4n) is 3.95. The molecular weight excluding hydrogens is 244 g/mol. The van der Waals surface area contributed by atoms with Gasteiger partial charge in [-0.1, -0.05) is 41.0 Å². The Bertz CT molecular complexity index is 257. The highest BCUT2D eigenvalue weighted by Crippen LogP contribution is 2.35. The van der Waals surface area contributed by atoms with Crippen LogP contribution in [0.2, 0.25) is 0 Å². The monoisotopic (exact) mass is 282 g/mol. The summed E-state index contributed by atoms with van der Waals surface area (Å²) in [7, 11) is 2.14. The molecule has 0 bridgehead atoms. The van der Waals surface area contributed by atoms with Crippen LogP contribution in [0, 0.1) is 11.3 Å². The minimum absolute atomic E-state index is 0.476. The molecule has 20 heavy (non-hydrogen) atoms. The predicted octanol–water partition coefficient (Wildman–Crippen LogP) is 4.30. The maximum Gasteiger partial charge on any atom is 0.0246 e. The first kappa shape index (κ1) is 18.0. The summed E-state index contributed by atoms with van der Waals surface area (Å²) in [6.45, 7) is 14.5. The Morgan fingerprint density at radius 3 is 2.35 bits per heavy atom.